The van der Waals surface area contributed by atoms with Gasteiger partial charge in [-0.05, 0) is 6.07 Å². The van der Waals surface area contributed by atoms with Crippen LogP contribution in [0.5, 0.6) is 0 Å². The van der Waals surface area contributed by atoms with Crippen molar-refractivity contribution in [1.82, 2.24) is 14.6 Å². The van der Waals surface area contributed by atoms with Crippen LogP contribution in [0.2, 0.25) is 0 Å². The first kappa shape index (κ1) is 8.49. The fourth-order valence-electron chi connectivity index (χ4n) is 1.23. The van der Waals surface area contributed by atoms with Gasteiger partial charge >= 0.3 is 0 Å². The zero-order valence-electron chi connectivity index (χ0n) is 7.56. The number of nitrogens with zero attached hydrogens (tertiary/aromatic N) is 3. The lowest BCUT2D eigenvalue weighted by atomic mass is 10.4. The van der Waals surface area contributed by atoms with Crippen LogP contribution in [0.3, 0.4) is 0 Å². The highest BCUT2D eigenvalue weighted by molar-refractivity contribution is 5.91. The average Bonchev–Trinajstić information content (AvgIpc) is 2.63. The Morgan fingerprint density at radius 1 is 1.64 bits per heavy atom. The molecule has 0 bridgehead atoms. The Hall–Kier alpha value is -2.11. The zero-order chi connectivity index (χ0) is 10.1. The molecule has 2 aromatic heterocycles. The Labute approximate surface area is 79.7 Å². The van der Waals surface area contributed by atoms with Gasteiger partial charge in [-0.3, -0.25) is 4.79 Å². The Morgan fingerprint density at radius 2 is 2.43 bits per heavy atom. The number of nitrogens with two attached hydrogens (primary N) is 1. The molecule has 6 heteroatoms. The van der Waals surface area contributed by atoms with Crippen LogP contribution in [-0.2, 0) is 0 Å². The smallest absolute Gasteiger partial charge is 0.268 e. The lowest BCUT2D eigenvalue weighted by Gasteiger charge is -2.03. The highest BCUT2D eigenvalue weighted by atomic mass is 16.1. The molecule has 0 unspecified atom stereocenters. The van der Waals surface area contributed by atoms with Crippen LogP contribution in [-0.4, -0.2) is 27.6 Å². The van der Waals surface area contributed by atoms with Crippen molar-refractivity contribution in [2.24, 2.45) is 5.73 Å². The lowest BCUT2D eigenvalue weighted by Crippen LogP contribution is -2.15. The number of carbonyl (C=O) groups excluding carboxylic acids is 1. The normalized spacial score (nSPS) is 10.4. The fourth-order valence-corrected chi connectivity index (χ4v) is 1.23. The van der Waals surface area contributed by atoms with Crippen molar-refractivity contribution in [2.75, 3.05) is 12.4 Å². The van der Waals surface area contributed by atoms with Gasteiger partial charge in [0.15, 0.2) is 5.82 Å². The summed E-state index contributed by atoms with van der Waals surface area (Å²) in [6.07, 6.45) is 3.13. The molecule has 1 amide bonds. The van der Waals surface area contributed by atoms with Gasteiger partial charge < -0.3 is 11.1 Å². The second-order valence-electron chi connectivity index (χ2n) is 2.75. The van der Waals surface area contributed by atoms with E-state index in [0.717, 1.165) is 5.52 Å². The summed E-state index contributed by atoms with van der Waals surface area (Å²) in [7, 11) is 1.72. The van der Waals surface area contributed by atoms with E-state index in [2.05, 4.69) is 15.4 Å². The molecule has 3 N–H and O–H groups in total. The van der Waals surface area contributed by atoms with E-state index in [0.29, 0.717) is 5.82 Å². The van der Waals surface area contributed by atoms with Crippen molar-refractivity contribution in [3.8, 4) is 0 Å². The third-order valence-corrected chi connectivity index (χ3v) is 1.88. The second kappa shape index (κ2) is 2.99. The number of primary amides is 1. The average molecular weight is 191 g/mol. The topological polar surface area (TPSA) is 85.3 Å². The van der Waals surface area contributed by atoms with Crippen molar-refractivity contribution in [1.29, 1.82) is 0 Å². The Morgan fingerprint density at radius 3 is 3.07 bits per heavy atom. The molecule has 0 saturated carbocycles. The van der Waals surface area contributed by atoms with Gasteiger partial charge in [-0.15, -0.1) is 0 Å². The van der Waals surface area contributed by atoms with Crippen molar-refractivity contribution < 1.29 is 4.79 Å². The van der Waals surface area contributed by atoms with Crippen LogP contribution in [0.1, 0.15) is 10.5 Å². The first-order chi connectivity index (χ1) is 6.72. The molecule has 0 aliphatic rings. The Balaban J connectivity index is 2.73. The summed E-state index contributed by atoms with van der Waals surface area (Å²) in [4.78, 5) is 15.0. The standard InChI is InChI=1S/C8H9N5O/c1-10-8-6-2-3-11-13(6)4-5(12-8)7(9)14/h2-4H,1H3,(H2,9,14)(H,10,12). The summed E-state index contributed by atoms with van der Waals surface area (Å²) in [5, 5.41) is 6.87. The molecular weight excluding hydrogens is 182 g/mol. The van der Waals surface area contributed by atoms with E-state index in [4.69, 9.17) is 5.73 Å². The van der Waals surface area contributed by atoms with Crippen LogP contribution in [0.4, 0.5) is 5.82 Å². The number of aromatic nitrogens is 3. The van der Waals surface area contributed by atoms with Crippen molar-refractivity contribution in [2.45, 2.75) is 0 Å². The van der Waals surface area contributed by atoms with E-state index in [-0.39, 0.29) is 5.69 Å². The van der Waals surface area contributed by atoms with E-state index in [1.165, 1.54) is 6.20 Å². The van der Waals surface area contributed by atoms with Crippen LogP contribution in [0.15, 0.2) is 18.5 Å². The van der Waals surface area contributed by atoms with Crippen LogP contribution in [0, 0.1) is 0 Å². The molecule has 0 saturated heterocycles. The molecule has 2 heterocycles. The van der Waals surface area contributed by atoms with E-state index in [1.807, 2.05) is 0 Å². The lowest BCUT2D eigenvalue weighted by molar-refractivity contribution is 0.0995. The van der Waals surface area contributed by atoms with Crippen molar-refractivity contribution >= 4 is 17.2 Å². The van der Waals surface area contributed by atoms with Gasteiger partial charge in [-0.25, -0.2) is 9.50 Å². The quantitative estimate of drug-likeness (QED) is 0.692. The molecule has 6 nitrogen and oxygen atoms in total. The first-order valence-electron chi connectivity index (χ1n) is 4.04. The maximum Gasteiger partial charge on any atom is 0.268 e. The van der Waals surface area contributed by atoms with E-state index >= 15 is 0 Å². The minimum Gasteiger partial charge on any atom is -0.371 e. The minimum absolute atomic E-state index is 0.186. The first-order valence-corrected chi connectivity index (χ1v) is 4.04. The summed E-state index contributed by atoms with van der Waals surface area (Å²) in [6.45, 7) is 0. The van der Waals surface area contributed by atoms with Gasteiger partial charge in [0.2, 0.25) is 0 Å². The van der Waals surface area contributed by atoms with Gasteiger partial charge in [-0.1, -0.05) is 0 Å². The number of fused-ring (bicyclic) bond motifs is 1. The van der Waals surface area contributed by atoms with Crippen LogP contribution in [0.25, 0.3) is 5.52 Å². The maximum absolute atomic E-state index is 10.9. The van der Waals surface area contributed by atoms with Crippen LogP contribution < -0.4 is 11.1 Å². The molecule has 14 heavy (non-hydrogen) atoms. The molecule has 0 fully saturated rings. The number of amides is 1. The number of nitrogens with one attached hydrogen (secondary N) is 1. The monoisotopic (exact) mass is 191 g/mol. The number of carbonyl (C=O) groups is 1. The summed E-state index contributed by atoms with van der Waals surface area (Å²) >= 11 is 0. The fraction of sp³-hybridized carbons (Fsp3) is 0.125. The van der Waals surface area contributed by atoms with Gasteiger partial charge in [0.05, 0.1) is 12.4 Å². The van der Waals surface area contributed by atoms with E-state index < -0.39 is 5.91 Å². The largest absolute Gasteiger partial charge is 0.371 e. The molecule has 0 aliphatic carbocycles. The summed E-state index contributed by atoms with van der Waals surface area (Å²) in [5.41, 5.74) is 6.12. The molecule has 0 atom stereocenters. The number of hydrogen-bond acceptors (Lipinski definition) is 4. The second-order valence-corrected chi connectivity index (χ2v) is 2.75. The van der Waals surface area contributed by atoms with Crippen molar-refractivity contribution in [3.63, 3.8) is 0 Å². The molecule has 72 valence electrons. The van der Waals surface area contributed by atoms with Gasteiger partial charge in [0.1, 0.15) is 11.2 Å². The van der Waals surface area contributed by atoms with Gasteiger partial charge in [0, 0.05) is 7.05 Å². The summed E-state index contributed by atoms with van der Waals surface area (Å²) in [5.74, 6) is 0.0118. The Kier molecular flexibility index (Phi) is 1.81. The SMILES string of the molecule is CNc1nc(C(N)=O)cn2nccc12. The highest BCUT2D eigenvalue weighted by Crippen LogP contribution is 2.13. The number of rotatable bonds is 2. The molecule has 0 aliphatic heterocycles. The zero-order valence-corrected chi connectivity index (χ0v) is 7.56. The molecule has 0 radical (unpaired) electrons. The molecule has 2 aromatic rings. The van der Waals surface area contributed by atoms with Gasteiger partial charge in [0.25, 0.3) is 5.91 Å². The third-order valence-electron chi connectivity index (χ3n) is 1.88. The third kappa shape index (κ3) is 1.17. The Bertz CT molecular complexity index is 489. The maximum atomic E-state index is 10.9. The number of hydrogen-bond donors (Lipinski definition) is 2. The number of anilines is 1. The minimum atomic E-state index is -0.570. The van der Waals surface area contributed by atoms with E-state index in [1.54, 1.807) is 23.8 Å². The molecular formula is C8H9N5O. The molecule has 0 spiro atoms. The van der Waals surface area contributed by atoms with Crippen LogP contribution >= 0.6 is 0 Å². The predicted molar refractivity (Wildman–Crippen MR) is 51.1 cm³/mol. The highest BCUT2D eigenvalue weighted by Gasteiger charge is 2.08. The van der Waals surface area contributed by atoms with Gasteiger partial charge in [-0.2, -0.15) is 5.10 Å². The summed E-state index contributed by atoms with van der Waals surface area (Å²) in [6, 6.07) is 1.80. The van der Waals surface area contributed by atoms with E-state index in [9.17, 15) is 4.79 Å². The summed E-state index contributed by atoms with van der Waals surface area (Å²) < 4.78 is 1.55. The molecule has 2 rings (SSSR count). The molecule has 0 aromatic carbocycles. The predicted octanol–water partition coefficient (Wildman–Crippen LogP) is -0.130. The van der Waals surface area contributed by atoms with Crippen molar-refractivity contribution in [3.05, 3.63) is 24.2 Å².